The lowest BCUT2D eigenvalue weighted by Gasteiger charge is -2.13. The summed E-state index contributed by atoms with van der Waals surface area (Å²) in [7, 11) is -4.01. The second-order valence-electron chi connectivity index (χ2n) is 8.49. The van der Waals surface area contributed by atoms with Crippen molar-refractivity contribution in [3.8, 4) is 5.75 Å². The van der Waals surface area contributed by atoms with E-state index in [0.717, 1.165) is 33.7 Å². The van der Waals surface area contributed by atoms with Crippen LogP contribution in [-0.4, -0.2) is 24.5 Å². The fourth-order valence-electron chi connectivity index (χ4n) is 3.85. The molecule has 0 aliphatic carbocycles. The van der Waals surface area contributed by atoms with Gasteiger partial charge < -0.3 is 4.18 Å². The summed E-state index contributed by atoms with van der Waals surface area (Å²) in [6.07, 6.45) is 1.61. The Bertz CT molecular complexity index is 1680. The highest BCUT2D eigenvalue weighted by molar-refractivity contribution is 9.10. The lowest BCUT2D eigenvalue weighted by molar-refractivity contribution is -0.123. The number of amides is 2. The van der Waals surface area contributed by atoms with Crippen LogP contribution in [0.2, 0.25) is 0 Å². The molecule has 0 bridgehead atoms. The summed E-state index contributed by atoms with van der Waals surface area (Å²) in [6, 6.07) is 24.9. The molecule has 1 aliphatic rings. The van der Waals surface area contributed by atoms with Gasteiger partial charge in [0, 0.05) is 0 Å². The number of aryl methyl sites for hydroxylation is 1. The zero-order valence-electron chi connectivity index (χ0n) is 19.6. The van der Waals surface area contributed by atoms with Crippen molar-refractivity contribution in [2.75, 3.05) is 0 Å². The highest BCUT2D eigenvalue weighted by Gasteiger charge is 2.35. The van der Waals surface area contributed by atoms with Crippen molar-refractivity contribution in [1.82, 2.24) is 4.90 Å². The Labute approximate surface area is 227 Å². The number of halogens is 1. The molecule has 0 radical (unpaired) electrons. The minimum absolute atomic E-state index is 0.0502. The molecule has 5 rings (SSSR count). The second kappa shape index (κ2) is 10.2. The number of carbonyl (C=O) groups excluding carboxylic acids is 2. The van der Waals surface area contributed by atoms with Crippen molar-refractivity contribution in [3.63, 3.8) is 0 Å². The monoisotopic (exact) mass is 593 g/mol. The van der Waals surface area contributed by atoms with Gasteiger partial charge in [-0.25, -0.2) is 0 Å². The van der Waals surface area contributed by atoms with E-state index in [-0.39, 0.29) is 28.3 Å². The first-order chi connectivity index (χ1) is 17.7. The molecule has 2 amide bonds. The average molecular weight is 595 g/mol. The third-order valence-electron chi connectivity index (χ3n) is 5.79. The van der Waals surface area contributed by atoms with Gasteiger partial charge in [-0.05, 0) is 92.9 Å². The topological polar surface area (TPSA) is 80.8 Å². The van der Waals surface area contributed by atoms with Gasteiger partial charge in [0.1, 0.15) is 4.90 Å². The molecule has 4 aromatic carbocycles. The summed E-state index contributed by atoms with van der Waals surface area (Å²) < 4.78 is 30.9. The van der Waals surface area contributed by atoms with Gasteiger partial charge in [-0.15, -0.1) is 0 Å². The number of benzene rings is 4. The maximum atomic E-state index is 13.0. The Morgan fingerprint density at radius 1 is 0.919 bits per heavy atom. The van der Waals surface area contributed by atoms with Crippen LogP contribution in [0.25, 0.3) is 16.8 Å². The quantitative estimate of drug-likeness (QED) is 0.178. The van der Waals surface area contributed by atoms with Crippen molar-refractivity contribution in [2.24, 2.45) is 0 Å². The number of hydrogen-bond donors (Lipinski definition) is 0. The summed E-state index contributed by atoms with van der Waals surface area (Å²) in [5, 5.41) is 1.79. The van der Waals surface area contributed by atoms with E-state index >= 15 is 0 Å². The Hall–Kier alpha value is -3.40. The normalized spacial score (nSPS) is 15.1. The maximum Gasteiger partial charge on any atom is 0.339 e. The van der Waals surface area contributed by atoms with E-state index in [1.165, 1.54) is 23.1 Å². The number of fused-ring (bicyclic) bond motifs is 1. The molecule has 186 valence electrons. The third-order valence-corrected chi connectivity index (χ3v) is 8.57. The van der Waals surface area contributed by atoms with Crippen molar-refractivity contribution in [3.05, 3.63) is 111 Å². The molecule has 6 nitrogen and oxygen atoms in total. The van der Waals surface area contributed by atoms with E-state index < -0.39 is 10.1 Å². The Kier molecular flexibility index (Phi) is 6.94. The van der Waals surface area contributed by atoms with Crippen LogP contribution in [0.15, 0.2) is 99.2 Å². The summed E-state index contributed by atoms with van der Waals surface area (Å²) in [5.74, 6) is -0.260. The average Bonchev–Trinajstić information content (AvgIpc) is 3.13. The van der Waals surface area contributed by atoms with E-state index in [9.17, 15) is 18.0 Å². The van der Waals surface area contributed by atoms with E-state index in [0.29, 0.717) is 14.9 Å². The molecule has 0 aromatic heterocycles. The van der Waals surface area contributed by atoms with Crippen LogP contribution in [0.5, 0.6) is 5.75 Å². The fraction of sp³-hybridized carbons (Fsp3) is 0.0714. The van der Waals surface area contributed by atoms with Gasteiger partial charge in [-0.1, -0.05) is 60.2 Å². The van der Waals surface area contributed by atoms with E-state index in [1.54, 1.807) is 30.3 Å². The molecule has 1 aliphatic heterocycles. The van der Waals surface area contributed by atoms with Crippen molar-refractivity contribution in [1.29, 1.82) is 0 Å². The first-order valence-electron chi connectivity index (χ1n) is 11.2. The first kappa shape index (κ1) is 25.3. The fourth-order valence-corrected chi connectivity index (χ4v) is 6.22. The minimum atomic E-state index is -4.01. The van der Waals surface area contributed by atoms with Gasteiger partial charge >= 0.3 is 10.1 Å². The molecule has 1 saturated heterocycles. The maximum absolute atomic E-state index is 13.0. The van der Waals surface area contributed by atoms with Crippen LogP contribution in [0, 0.1) is 6.92 Å². The van der Waals surface area contributed by atoms with Gasteiger partial charge in [0.15, 0.2) is 5.75 Å². The first-order valence-corrected chi connectivity index (χ1v) is 14.3. The molecule has 37 heavy (non-hydrogen) atoms. The molecular weight excluding hydrogens is 574 g/mol. The Morgan fingerprint density at radius 3 is 2.38 bits per heavy atom. The summed E-state index contributed by atoms with van der Waals surface area (Å²) >= 11 is 4.22. The number of rotatable bonds is 6. The van der Waals surface area contributed by atoms with E-state index in [4.69, 9.17) is 4.18 Å². The zero-order chi connectivity index (χ0) is 26.2. The number of carbonyl (C=O) groups is 2. The van der Waals surface area contributed by atoms with Gasteiger partial charge in [0.2, 0.25) is 0 Å². The molecule has 0 spiro atoms. The molecule has 4 aromatic rings. The standard InChI is InChI=1S/C28H20BrNO5S2/c1-18-6-11-23(12-7-18)37(33,34)35-25-13-9-19(15-24(25)29)16-26-27(31)30(28(32)36-26)17-20-8-10-21-4-2-3-5-22(21)14-20/h2-16H,17H2,1H3/b26-16-. The highest BCUT2D eigenvalue weighted by atomic mass is 79.9. The van der Waals surface area contributed by atoms with Crippen LogP contribution < -0.4 is 4.18 Å². The number of imide groups is 1. The SMILES string of the molecule is Cc1ccc(S(=O)(=O)Oc2ccc(/C=C3\SC(=O)N(Cc4ccc5ccccc5c4)C3=O)cc2Br)cc1. The van der Waals surface area contributed by atoms with Crippen LogP contribution in [-0.2, 0) is 21.5 Å². The molecule has 0 atom stereocenters. The van der Waals surface area contributed by atoms with Crippen LogP contribution in [0.3, 0.4) is 0 Å². The minimum Gasteiger partial charge on any atom is -0.378 e. The molecule has 9 heteroatoms. The van der Waals surface area contributed by atoms with E-state index in [1.807, 2.05) is 49.4 Å². The van der Waals surface area contributed by atoms with Crippen LogP contribution in [0.1, 0.15) is 16.7 Å². The van der Waals surface area contributed by atoms with Gasteiger partial charge in [-0.3, -0.25) is 14.5 Å². The lowest BCUT2D eigenvalue weighted by Crippen LogP contribution is -2.27. The van der Waals surface area contributed by atoms with E-state index in [2.05, 4.69) is 15.9 Å². The number of hydrogen-bond acceptors (Lipinski definition) is 6. The molecule has 0 unspecified atom stereocenters. The lowest BCUT2D eigenvalue weighted by atomic mass is 10.1. The molecule has 0 saturated carbocycles. The highest BCUT2D eigenvalue weighted by Crippen LogP contribution is 2.35. The number of thioether (sulfide) groups is 1. The molecular formula is C28H20BrNO5S2. The summed E-state index contributed by atoms with van der Waals surface area (Å²) in [5.41, 5.74) is 2.41. The predicted octanol–water partition coefficient (Wildman–Crippen LogP) is 6.91. The van der Waals surface area contributed by atoms with Crippen molar-refractivity contribution in [2.45, 2.75) is 18.4 Å². The van der Waals surface area contributed by atoms with Gasteiger partial charge in [-0.2, -0.15) is 8.42 Å². The predicted molar refractivity (Wildman–Crippen MR) is 149 cm³/mol. The van der Waals surface area contributed by atoms with Crippen molar-refractivity contribution >= 4 is 65.8 Å². The Morgan fingerprint density at radius 2 is 1.65 bits per heavy atom. The van der Waals surface area contributed by atoms with Gasteiger partial charge in [0.05, 0.1) is 15.9 Å². The summed E-state index contributed by atoms with van der Waals surface area (Å²) in [4.78, 5) is 27.2. The Balaban J connectivity index is 1.32. The van der Waals surface area contributed by atoms with Crippen molar-refractivity contribution < 1.29 is 22.2 Å². The second-order valence-corrected chi connectivity index (χ2v) is 11.9. The smallest absolute Gasteiger partial charge is 0.339 e. The third kappa shape index (κ3) is 5.49. The van der Waals surface area contributed by atoms with Gasteiger partial charge in [0.25, 0.3) is 11.1 Å². The van der Waals surface area contributed by atoms with Crippen LogP contribution in [0.4, 0.5) is 4.79 Å². The zero-order valence-corrected chi connectivity index (χ0v) is 22.8. The molecule has 1 heterocycles. The molecule has 1 fully saturated rings. The van der Waals surface area contributed by atoms with Crippen LogP contribution >= 0.6 is 27.7 Å². The number of nitrogens with zero attached hydrogens (tertiary/aromatic N) is 1. The largest absolute Gasteiger partial charge is 0.378 e. The summed E-state index contributed by atoms with van der Waals surface area (Å²) in [6.45, 7) is 2.05. The molecule has 0 N–H and O–H groups in total.